The van der Waals surface area contributed by atoms with Gasteiger partial charge in [-0.2, -0.15) is 0 Å². The van der Waals surface area contributed by atoms with Crippen molar-refractivity contribution in [3.8, 4) is 10.4 Å². The molecule has 122 valence electrons. The zero-order valence-electron chi connectivity index (χ0n) is 12.3. The van der Waals surface area contributed by atoms with Crippen molar-refractivity contribution in [2.45, 2.75) is 13.0 Å². The summed E-state index contributed by atoms with van der Waals surface area (Å²) in [6.07, 6.45) is 0.249. The van der Waals surface area contributed by atoms with Crippen LogP contribution in [-0.2, 0) is 20.4 Å². The van der Waals surface area contributed by atoms with Gasteiger partial charge in [-0.1, -0.05) is 30.3 Å². The first-order valence-electron chi connectivity index (χ1n) is 7.23. The number of halogens is 1. The highest BCUT2D eigenvalue weighted by Crippen LogP contribution is 2.26. The van der Waals surface area contributed by atoms with Gasteiger partial charge in [0.05, 0.1) is 5.75 Å². The van der Waals surface area contributed by atoms with Gasteiger partial charge in [-0.25, -0.2) is 8.42 Å². The molecule has 4 nitrogen and oxygen atoms in total. The minimum Gasteiger partial charge on any atom is -0.338 e. The lowest BCUT2D eigenvalue weighted by Crippen LogP contribution is -2.25. The van der Waals surface area contributed by atoms with E-state index in [-0.39, 0.29) is 24.0 Å². The minimum atomic E-state index is -3.56. The first-order chi connectivity index (χ1) is 10.9. The van der Waals surface area contributed by atoms with Crippen LogP contribution in [0, 0.1) is 5.92 Å². The van der Waals surface area contributed by atoms with Gasteiger partial charge in [0.15, 0.2) is 0 Å². The molecule has 1 unspecified atom stereocenters. The molecule has 1 aliphatic heterocycles. The van der Waals surface area contributed by atoms with E-state index in [9.17, 15) is 13.2 Å². The second-order valence-corrected chi connectivity index (χ2v) is 9.49. The number of hydrogen-bond acceptors (Lipinski definition) is 4. The van der Waals surface area contributed by atoms with E-state index in [2.05, 4.69) is 6.07 Å². The lowest BCUT2D eigenvalue weighted by Gasteiger charge is -2.16. The highest BCUT2D eigenvalue weighted by molar-refractivity contribution is 8.13. The third-order valence-corrected chi connectivity index (χ3v) is 6.03. The molecule has 1 aliphatic rings. The summed E-state index contributed by atoms with van der Waals surface area (Å²) < 4.78 is 22.3. The summed E-state index contributed by atoms with van der Waals surface area (Å²) in [7, 11) is 1.71. The van der Waals surface area contributed by atoms with Crippen molar-refractivity contribution >= 4 is 37.0 Å². The summed E-state index contributed by atoms with van der Waals surface area (Å²) in [6.45, 7) is 0.944. The molecule has 1 saturated heterocycles. The van der Waals surface area contributed by atoms with Crippen molar-refractivity contribution in [1.82, 2.24) is 4.90 Å². The Kier molecular flexibility index (Phi) is 4.75. The largest absolute Gasteiger partial charge is 0.338 e. The van der Waals surface area contributed by atoms with Crippen LogP contribution in [0.4, 0.5) is 0 Å². The van der Waals surface area contributed by atoms with E-state index < -0.39 is 9.05 Å². The SMILES string of the molecule is O=C1CC(CS(=O)(=O)Cl)CN1Cc1ccc(-c2cccs2)cc1. The van der Waals surface area contributed by atoms with Crippen LogP contribution >= 0.6 is 22.0 Å². The van der Waals surface area contributed by atoms with Gasteiger partial charge in [-0.15, -0.1) is 11.3 Å². The van der Waals surface area contributed by atoms with Gasteiger partial charge in [-0.05, 0) is 22.6 Å². The molecule has 1 amide bonds. The summed E-state index contributed by atoms with van der Waals surface area (Å²) in [5.41, 5.74) is 2.19. The molecule has 0 aliphatic carbocycles. The monoisotopic (exact) mass is 369 g/mol. The zero-order chi connectivity index (χ0) is 16.4. The summed E-state index contributed by atoms with van der Waals surface area (Å²) in [4.78, 5) is 14.9. The number of rotatable bonds is 5. The van der Waals surface area contributed by atoms with E-state index in [0.717, 1.165) is 11.1 Å². The van der Waals surface area contributed by atoms with E-state index in [1.165, 1.54) is 4.88 Å². The Balaban J connectivity index is 1.64. The van der Waals surface area contributed by atoms with Crippen molar-refractivity contribution in [3.05, 3.63) is 47.3 Å². The van der Waals surface area contributed by atoms with E-state index >= 15 is 0 Å². The van der Waals surface area contributed by atoms with Crippen molar-refractivity contribution in [3.63, 3.8) is 0 Å². The molecular formula is C16H16ClNO3S2. The summed E-state index contributed by atoms with van der Waals surface area (Å²) in [5.74, 6) is -0.373. The highest BCUT2D eigenvalue weighted by atomic mass is 35.7. The van der Waals surface area contributed by atoms with Crippen LogP contribution in [0.5, 0.6) is 0 Å². The van der Waals surface area contributed by atoms with Crippen molar-refractivity contribution in [1.29, 1.82) is 0 Å². The molecule has 1 fully saturated rings. The van der Waals surface area contributed by atoms with Crippen LogP contribution in [0.25, 0.3) is 10.4 Å². The van der Waals surface area contributed by atoms with Crippen molar-refractivity contribution in [2.75, 3.05) is 12.3 Å². The number of likely N-dealkylation sites (tertiary alicyclic amines) is 1. The van der Waals surface area contributed by atoms with Gasteiger partial charge >= 0.3 is 0 Å². The van der Waals surface area contributed by atoms with Crippen molar-refractivity contribution < 1.29 is 13.2 Å². The number of benzene rings is 1. The van der Waals surface area contributed by atoms with Crippen molar-refractivity contribution in [2.24, 2.45) is 5.92 Å². The number of amides is 1. The maximum atomic E-state index is 12.0. The summed E-state index contributed by atoms with van der Waals surface area (Å²) >= 11 is 1.69. The predicted molar refractivity (Wildman–Crippen MR) is 92.9 cm³/mol. The standard InChI is InChI=1S/C16H16ClNO3S2/c17-23(20,21)11-13-8-16(19)18(10-13)9-12-3-5-14(6-4-12)15-2-1-7-22-15/h1-7,13H,8-11H2. The van der Waals surface area contributed by atoms with E-state index in [0.29, 0.717) is 13.1 Å². The summed E-state index contributed by atoms with van der Waals surface area (Å²) in [5, 5.41) is 2.04. The fourth-order valence-electron chi connectivity index (χ4n) is 2.84. The van der Waals surface area contributed by atoms with E-state index in [1.807, 2.05) is 35.7 Å². The minimum absolute atomic E-state index is 0.0161. The molecule has 0 N–H and O–H groups in total. The molecule has 1 aromatic heterocycles. The summed E-state index contributed by atoms with van der Waals surface area (Å²) in [6, 6.07) is 12.2. The molecule has 0 spiro atoms. The molecule has 0 saturated carbocycles. The maximum Gasteiger partial charge on any atom is 0.232 e. The van der Waals surface area contributed by atoms with Crippen LogP contribution in [0.15, 0.2) is 41.8 Å². The first kappa shape index (κ1) is 16.5. The zero-order valence-corrected chi connectivity index (χ0v) is 14.7. The smallest absolute Gasteiger partial charge is 0.232 e. The Bertz CT molecular complexity index is 785. The molecule has 2 aromatic rings. The Morgan fingerprint density at radius 2 is 1.96 bits per heavy atom. The molecule has 0 radical (unpaired) electrons. The Morgan fingerprint density at radius 3 is 2.57 bits per heavy atom. The average Bonchev–Trinajstić information content (AvgIpc) is 3.09. The van der Waals surface area contributed by atoms with Gasteiger partial charge in [0.1, 0.15) is 0 Å². The number of hydrogen-bond donors (Lipinski definition) is 0. The lowest BCUT2D eigenvalue weighted by atomic mass is 10.1. The third kappa shape index (κ3) is 4.34. The topological polar surface area (TPSA) is 54.5 Å². The fraction of sp³-hybridized carbons (Fsp3) is 0.312. The van der Waals surface area contributed by atoms with Crippen LogP contribution in [0.2, 0.25) is 0 Å². The van der Waals surface area contributed by atoms with Crippen LogP contribution < -0.4 is 0 Å². The van der Waals surface area contributed by atoms with E-state index in [4.69, 9.17) is 10.7 Å². The Labute approximate surface area is 144 Å². The van der Waals surface area contributed by atoms with Crippen LogP contribution in [0.3, 0.4) is 0 Å². The Hall–Kier alpha value is -1.37. The fourth-order valence-corrected chi connectivity index (χ4v) is 4.89. The quantitative estimate of drug-likeness (QED) is 0.759. The molecule has 3 rings (SSSR count). The van der Waals surface area contributed by atoms with Crippen LogP contribution in [-0.4, -0.2) is 31.5 Å². The van der Waals surface area contributed by atoms with Gasteiger partial charge in [0, 0.05) is 41.0 Å². The Morgan fingerprint density at radius 1 is 1.22 bits per heavy atom. The molecule has 1 aromatic carbocycles. The molecule has 23 heavy (non-hydrogen) atoms. The molecule has 0 bridgehead atoms. The van der Waals surface area contributed by atoms with Gasteiger partial charge in [0.2, 0.25) is 15.0 Å². The number of nitrogens with zero attached hydrogens (tertiary/aromatic N) is 1. The number of carbonyl (C=O) groups is 1. The van der Waals surface area contributed by atoms with Gasteiger partial charge < -0.3 is 4.90 Å². The average molecular weight is 370 g/mol. The van der Waals surface area contributed by atoms with Gasteiger partial charge in [0.25, 0.3) is 0 Å². The van der Waals surface area contributed by atoms with Crippen LogP contribution in [0.1, 0.15) is 12.0 Å². The predicted octanol–water partition coefficient (Wildman–Crippen LogP) is 3.33. The molecule has 7 heteroatoms. The second-order valence-electron chi connectivity index (χ2n) is 5.72. The number of thiophene rings is 1. The second kappa shape index (κ2) is 6.63. The molecule has 2 heterocycles. The molecular weight excluding hydrogens is 354 g/mol. The van der Waals surface area contributed by atoms with E-state index in [1.54, 1.807) is 16.2 Å². The molecule has 1 atom stereocenters. The first-order valence-corrected chi connectivity index (χ1v) is 10.6. The lowest BCUT2D eigenvalue weighted by molar-refractivity contribution is -0.128. The highest BCUT2D eigenvalue weighted by Gasteiger charge is 2.32. The third-order valence-electron chi connectivity index (χ3n) is 3.86. The normalized spacial score (nSPS) is 18.6. The number of carbonyl (C=O) groups excluding carboxylic acids is 1. The van der Waals surface area contributed by atoms with Gasteiger partial charge in [-0.3, -0.25) is 4.79 Å². The maximum absolute atomic E-state index is 12.0.